The molecule has 0 radical (unpaired) electrons. The molecule has 0 bridgehead atoms. The molecule has 0 amide bonds. The molecule has 27 heavy (non-hydrogen) atoms. The molecular formula is C20H25N7. The molecule has 2 heterocycles. The Balaban J connectivity index is 1.54. The van der Waals surface area contributed by atoms with Gasteiger partial charge in [0, 0.05) is 42.8 Å². The van der Waals surface area contributed by atoms with Crippen LogP contribution in [0.15, 0.2) is 42.7 Å². The fraction of sp³-hybridized carbons (Fsp3) is 0.350. The molecular weight excluding hydrogens is 338 g/mol. The van der Waals surface area contributed by atoms with E-state index in [1.807, 2.05) is 43.7 Å². The summed E-state index contributed by atoms with van der Waals surface area (Å²) >= 11 is 0. The van der Waals surface area contributed by atoms with E-state index in [1.165, 1.54) is 18.4 Å². The summed E-state index contributed by atoms with van der Waals surface area (Å²) in [6.07, 6.45) is 7.24. The van der Waals surface area contributed by atoms with E-state index < -0.39 is 0 Å². The molecule has 140 valence electrons. The van der Waals surface area contributed by atoms with Crippen LogP contribution in [0.1, 0.15) is 30.7 Å². The summed E-state index contributed by atoms with van der Waals surface area (Å²) in [7, 11) is 1.92. The smallest absolute Gasteiger partial charge is 0.229 e. The number of benzene rings is 1. The number of anilines is 3. The van der Waals surface area contributed by atoms with Gasteiger partial charge in [-0.2, -0.15) is 10.1 Å². The average molecular weight is 363 g/mol. The zero-order chi connectivity index (χ0) is 18.6. The first-order valence-corrected chi connectivity index (χ1v) is 9.41. The largest absolute Gasteiger partial charge is 0.370 e. The molecule has 3 aromatic rings. The minimum Gasteiger partial charge on any atom is -0.370 e. The maximum atomic E-state index is 5.61. The second kappa shape index (κ2) is 7.75. The fourth-order valence-electron chi connectivity index (χ4n) is 3.05. The minimum atomic E-state index is 0.590. The van der Waals surface area contributed by atoms with Gasteiger partial charge in [0.15, 0.2) is 0 Å². The summed E-state index contributed by atoms with van der Waals surface area (Å²) in [5.41, 5.74) is 9.74. The molecule has 2 aromatic heterocycles. The van der Waals surface area contributed by atoms with E-state index in [2.05, 4.69) is 26.8 Å². The zero-order valence-corrected chi connectivity index (χ0v) is 15.5. The predicted octanol–water partition coefficient (Wildman–Crippen LogP) is 3.26. The molecule has 1 saturated carbocycles. The topological polar surface area (TPSA) is 93.7 Å². The van der Waals surface area contributed by atoms with E-state index in [0.717, 1.165) is 35.7 Å². The first-order chi connectivity index (χ1) is 13.2. The molecule has 0 unspecified atom stereocenters. The van der Waals surface area contributed by atoms with Gasteiger partial charge in [0.25, 0.3) is 0 Å². The van der Waals surface area contributed by atoms with Crippen molar-refractivity contribution in [1.82, 2.24) is 19.7 Å². The van der Waals surface area contributed by atoms with Crippen molar-refractivity contribution in [3.8, 4) is 11.3 Å². The number of nitrogens with two attached hydrogens (primary N) is 1. The van der Waals surface area contributed by atoms with Crippen molar-refractivity contribution in [2.75, 3.05) is 23.7 Å². The van der Waals surface area contributed by atoms with Crippen molar-refractivity contribution < 1.29 is 0 Å². The standard InChI is InChI=1S/C20H25N7/c1-27-11-8-18(26-27)15-4-2-5-16(12-15)24-20-23-13-17(14-6-7-14)19(25-20)22-10-3-9-21/h2,4-5,8,11-14H,3,6-7,9-10,21H2,1H3,(H2,22,23,24,25). The van der Waals surface area contributed by atoms with E-state index in [-0.39, 0.29) is 0 Å². The van der Waals surface area contributed by atoms with E-state index in [4.69, 9.17) is 10.7 Å². The van der Waals surface area contributed by atoms with Gasteiger partial charge < -0.3 is 16.4 Å². The molecule has 0 spiro atoms. The Bertz CT molecular complexity index is 914. The fourth-order valence-corrected chi connectivity index (χ4v) is 3.05. The van der Waals surface area contributed by atoms with Crippen molar-refractivity contribution in [3.05, 3.63) is 48.3 Å². The van der Waals surface area contributed by atoms with Gasteiger partial charge in [-0.15, -0.1) is 0 Å². The number of aromatic nitrogens is 4. The van der Waals surface area contributed by atoms with Gasteiger partial charge in [0.1, 0.15) is 5.82 Å². The molecule has 1 aliphatic carbocycles. The van der Waals surface area contributed by atoms with E-state index in [0.29, 0.717) is 18.4 Å². The van der Waals surface area contributed by atoms with Crippen LogP contribution in [0, 0.1) is 0 Å². The summed E-state index contributed by atoms with van der Waals surface area (Å²) in [4.78, 5) is 9.24. The van der Waals surface area contributed by atoms with Gasteiger partial charge in [-0.1, -0.05) is 12.1 Å². The third-order valence-electron chi connectivity index (χ3n) is 4.64. The Morgan fingerprint density at radius 3 is 2.89 bits per heavy atom. The molecule has 7 nitrogen and oxygen atoms in total. The van der Waals surface area contributed by atoms with Crippen LogP contribution in [0.4, 0.5) is 17.5 Å². The first kappa shape index (κ1) is 17.5. The highest BCUT2D eigenvalue weighted by Crippen LogP contribution is 2.42. The Morgan fingerprint density at radius 1 is 1.26 bits per heavy atom. The van der Waals surface area contributed by atoms with E-state index in [1.54, 1.807) is 4.68 Å². The summed E-state index contributed by atoms with van der Waals surface area (Å²) in [6.45, 7) is 1.49. The summed E-state index contributed by atoms with van der Waals surface area (Å²) in [5, 5.41) is 11.2. The molecule has 1 aliphatic rings. The number of hydrogen-bond acceptors (Lipinski definition) is 6. The van der Waals surface area contributed by atoms with Crippen LogP contribution in [0.5, 0.6) is 0 Å². The van der Waals surface area contributed by atoms with Crippen LogP contribution >= 0.6 is 0 Å². The van der Waals surface area contributed by atoms with Crippen LogP contribution in [0.2, 0.25) is 0 Å². The minimum absolute atomic E-state index is 0.590. The Kier molecular flexibility index (Phi) is 5.02. The maximum absolute atomic E-state index is 5.61. The Morgan fingerprint density at radius 2 is 2.15 bits per heavy atom. The number of rotatable bonds is 8. The van der Waals surface area contributed by atoms with Gasteiger partial charge in [-0.25, -0.2) is 4.98 Å². The quantitative estimate of drug-likeness (QED) is 0.532. The summed E-state index contributed by atoms with van der Waals surface area (Å²) in [5.74, 6) is 2.10. The molecule has 0 aliphatic heterocycles. The van der Waals surface area contributed by atoms with Gasteiger partial charge in [-0.05, 0) is 49.9 Å². The number of nitrogens with zero attached hydrogens (tertiary/aromatic N) is 4. The van der Waals surface area contributed by atoms with Crippen molar-refractivity contribution in [1.29, 1.82) is 0 Å². The highest BCUT2D eigenvalue weighted by Gasteiger charge is 2.27. The lowest BCUT2D eigenvalue weighted by Gasteiger charge is -2.13. The second-order valence-corrected chi connectivity index (χ2v) is 6.92. The third-order valence-corrected chi connectivity index (χ3v) is 4.64. The van der Waals surface area contributed by atoms with Crippen molar-refractivity contribution in [2.24, 2.45) is 12.8 Å². The van der Waals surface area contributed by atoms with Crippen LogP contribution < -0.4 is 16.4 Å². The molecule has 1 fully saturated rings. The molecule has 4 N–H and O–H groups in total. The normalized spacial score (nSPS) is 13.6. The summed E-state index contributed by atoms with van der Waals surface area (Å²) in [6, 6.07) is 10.1. The first-order valence-electron chi connectivity index (χ1n) is 9.41. The average Bonchev–Trinajstić information content (AvgIpc) is 3.42. The Labute approximate surface area is 159 Å². The number of aryl methyl sites for hydroxylation is 1. The van der Waals surface area contributed by atoms with Crippen LogP contribution in [0.25, 0.3) is 11.3 Å². The van der Waals surface area contributed by atoms with Crippen LogP contribution in [-0.2, 0) is 7.05 Å². The van der Waals surface area contributed by atoms with Crippen molar-refractivity contribution in [2.45, 2.75) is 25.2 Å². The lowest BCUT2D eigenvalue weighted by molar-refractivity contribution is 0.771. The van der Waals surface area contributed by atoms with E-state index >= 15 is 0 Å². The molecule has 1 aromatic carbocycles. The lowest BCUT2D eigenvalue weighted by atomic mass is 10.1. The highest BCUT2D eigenvalue weighted by atomic mass is 15.2. The van der Waals surface area contributed by atoms with Gasteiger partial charge in [-0.3, -0.25) is 4.68 Å². The molecule has 0 atom stereocenters. The molecule has 4 rings (SSSR count). The third kappa shape index (κ3) is 4.25. The molecule has 7 heteroatoms. The van der Waals surface area contributed by atoms with E-state index in [9.17, 15) is 0 Å². The van der Waals surface area contributed by atoms with Gasteiger partial charge in [0.2, 0.25) is 5.95 Å². The second-order valence-electron chi connectivity index (χ2n) is 6.92. The van der Waals surface area contributed by atoms with Gasteiger partial charge >= 0.3 is 0 Å². The van der Waals surface area contributed by atoms with Crippen molar-refractivity contribution in [3.63, 3.8) is 0 Å². The maximum Gasteiger partial charge on any atom is 0.229 e. The number of nitrogens with one attached hydrogen (secondary N) is 2. The summed E-state index contributed by atoms with van der Waals surface area (Å²) < 4.78 is 1.80. The zero-order valence-electron chi connectivity index (χ0n) is 15.5. The van der Waals surface area contributed by atoms with Crippen molar-refractivity contribution >= 4 is 17.5 Å². The monoisotopic (exact) mass is 363 g/mol. The lowest BCUT2D eigenvalue weighted by Crippen LogP contribution is -2.12. The predicted molar refractivity (Wildman–Crippen MR) is 108 cm³/mol. The van der Waals surface area contributed by atoms with Crippen LogP contribution in [-0.4, -0.2) is 32.8 Å². The SMILES string of the molecule is Cn1ccc(-c2cccc(Nc3ncc(C4CC4)c(NCCCN)n3)c2)n1. The van der Waals surface area contributed by atoms with Crippen LogP contribution in [0.3, 0.4) is 0 Å². The van der Waals surface area contributed by atoms with Gasteiger partial charge in [0.05, 0.1) is 5.69 Å². The highest BCUT2D eigenvalue weighted by molar-refractivity contribution is 5.67. The Hall–Kier alpha value is -2.93. The number of hydrogen-bond donors (Lipinski definition) is 3. The molecule has 0 saturated heterocycles.